The molecule has 9 nitrogen and oxygen atoms in total. The van der Waals surface area contributed by atoms with Gasteiger partial charge < -0.3 is 19.9 Å². The molecule has 2 aromatic carbocycles. The van der Waals surface area contributed by atoms with Crippen LogP contribution >= 0.6 is 0 Å². The number of fused-ring (bicyclic) bond motifs is 1. The van der Waals surface area contributed by atoms with E-state index in [-0.39, 0.29) is 23.0 Å². The van der Waals surface area contributed by atoms with E-state index in [4.69, 9.17) is 4.74 Å². The van der Waals surface area contributed by atoms with Crippen molar-refractivity contribution in [2.24, 2.45) is 0 Å². The van der Waals surface area contributed by atoms with Gasteiger partial charge in [-0.3, -0.25) is 19.8 Å². The Morgan fingerprint density at radius 3 is 2.32 bits per heavy atom. The number of urea groups is 1. The molecule has 4 amide bonds. The number of rotatable bonds is 5. The van der Waals surface area contributed by atoms with Crippen LogP contribution in [0.15, 0.2) is 30.3 Å². The summed E-state index contributed by atoms with van der Waals surface area (Å²) in [6.07, 6.45) is 0.704. The van der Waals surface area contributed by atoms with Gasteiger partial charge in [-0.15, -0.1) is 0 Å². The summed E-state index contributed by atoms with van der Waals surface area (Å²) in [5.74, 6) is 3.95. The molecule has 2 aromatic rings. The summed E-state index contributed by atoms with van der Waals surface area (Å²) in [6.45, 7) is 10.8. The first-order chi connectivity index (χ1) is 19.7. The molecule has 11 heteroatoms. The summed E-state index contributed by atoms with van der Waals surface area (Å²) in [7, 11) is 1.40. The number of piperazine rings is 1. The van der Waals surface area contributed by atoms with Gasteiger partial charge in [0, 0.05) is 56.9 Å². The van der Waals surface area contributed by atoms with Crippen molar-refractivity contribution in [1.82, 2.24) is 25.3 Å². The number of likely N-dealkylation sites (N-methyl/N-ethyl adjacent to an activating group) is 2. The van der Waals surface area contributed by atoms with Gasteiger partial charge in [0.25, 0.3) is 11.8 Å². The van der Waals surface area contributed by atoms with E-state index in [1.807, 2.05) is 6.92 Å². The van der Waals surface area contributed by atoms with Crippen LogP contribution in [-0.2, 0) is 17.8 Å². The summed E-state index contributed by atoms with van der Waals surface area (Å²) >= 11 is 0. The second kappa shape index (κ2) is 13.6. The number of amides is 4. The van der Waals surface area contributed by atoms with Crippen molar-refractivity contribution in [3.8, 4) is 17.6 Å². The molecule has 218 valence electrons. The number of nitrogens with one attached hydrogen (secondary N) is 2. The van der Waals surface area contributed by atoms with Crippen LogP contribution in [0.4, 0.5) is 13.6 Å². The van der Waals surface area contributed by atoms with Crippen LogP contribution in [0.3, 0.4) is 0 Å². The molecule has 2 N–H and O–H groups in total. The number of halogens is 2. The maximum Gasteiger partial charge on any atom is 0.322 e. The standard InChI is InChI=1S/C18H21FN4O2.C12H14FNO2/c1-2-22-7-9-23(10-8-22)12-14-5-3-13(11-15(14)19)4-6-16-17(24)21-18(25)20-16;1-3-14-7-6-8-4-5-9(16-2)11(13)10(8)12(14)15/h3,5,11,16H,2,7-10,12H2,1H3,(H2,20,21,24,25);4-5H,3,6-7H2,1-2H3. The Bertz CT molecular complexity index is 1360. The Kier molecular flexibility index (Phi) is 9.91. The van der Waals surface area contributed by atoms with Crippen LogP contribution in [0.2, 0.25) is 0 Å². The van der Waals surface area contributed by atoms with E-state index < -0.39 is 23.8 Å². The van der Waals surface area contributed by atoms with Crippen LogP contribution in [0.1, 0.15) is 40.9 Å². The Morgan fingerprint density at radius 2 is 1.71 bits per heavy atom. The van der Waals surface area contributed by atoms with Crippen molar-refractivity contribution in [3.63, 3.8) is 0 Å². The minimum Gasteiger partial charge on any atom is -0.494 e. The molecule has 0 spiro atoms. The van der Waals surface area contributed by atoms with Gasteiger partial charge in [0.1, 0.15) is 5.82 Å². The van der Waals surface area contributed by atoms with Gasteiger partial charge in [0.15, 0.2) is 17.6 Å². The van der Waals surface area contributed by atoms with Crippen LogP contribution in [0.5, 0.6) is 5.75 Å². The first-order valence-corrected chi connectivity index (χ1v) is 13.7. The lowest BCUT2D eigenvalue weighted by atomic mass is 9.98. The normalized spacial score (nSPS) is 18.9. The molecule has 3 aliphatic heterocycles. The molecule has 41 heavy (non-hydrogen) atoms. The number of hydrogen-bond donors (Lipinski definition) is 2. The lowest BCUT2D eigenvalue weighted by Crippen LogP contribution is -2.45. The monoisotopic (exact) mass is 567 g/mol. The van der Waals surface area contributed by atoms with Crippen LogP contribution in [-0.4, -0.2) is 91.5 Å². The molecule has 0 aliphatic carbocycles. The number of carbonyl (C=O) groups is 3. The third-order valence-corrected chi connectivity index (χ3v) is 7.44. The van der Waals surface area contributed by atoms with Crippen LogP contribution < -0.4 is 15.4 Å². The molecule has 2 saturated heterocycles. The highest BCUT2D eigenvalue weighted by molar-refractivity contribution is 6.05. The quantitative estimate of drug-likeness (QED) is 0.426. The largest absolute Gasteiger partial charge is 0.494 e. The SMILES string of the molecule is CCN1CCN(Cc2ccc(C#CC3NC(=O)NC3=O)cc2F)CC1.CCN1CCc2ccc(OC)c(F)c2C1=O. The summed E-state index contributed by atoms with van der Waals surface area (Å²) in [6, 6.07) is 6.74. The number of ether oxygens (including phenoxy) is 1. The Morgan fingerprint density at radius 1 is 0.976 bits per heavy atom. The van der Waals surface area contributed by atoms with Gasteiger partial charge in [0.05, 0.1) is 12.7 Å². The average Bonchev–Trinajstić information content (AvgIpc) is 3.30. The summed E-state index contributed by atoms with van der Waals surface area (Å²) in [5, 5.41) is 4.49. The maximum atomic E-state index is 14.3. The summed E-state index contributed by atoms with van der Waals surface area (Å²) in [5.41, 5.74) is 2.06. The highest BCUT2D eigenvalue weighted by Crippen LogP contribution is 2.28. The van der Waals surface area contributed by atoms with Crippen molar-refractivity contribution in [2.45, 2.75) is 32.9 Å². The van der Waals surface area contributed by atoms with E-state index in [0.717, 1.165) is 38.3 Å². The molecular formula is C30H35F2N5O4. The number of nitrogens with zero attached hydrogens (tertiary/aromatic N) is 3. The van der Waals surface area contributed by atoms with Gasteiger partial charge in [-0.05, 0) is 43.7 Å². The second-order valence-corrected chi connectivity index (χ2v) is 9.93. The highest BCUT2D eigenvalue weighted by Gasteiger charge is 2.29. The zero-order valence-electron chi connectivity index (χ0n) is 23.6. The zero-order valence-corrected chi connectivity index (χ0v) is 23.6. The average molecular weight is 568 g/mol. The molecule has 0 bridgehead atoms. The fraction of sp³-hybridized carbons (Fsp3) is 0.433. The fourth-order valence-corrected chi connectivity index (χ4v) is 4.94. The molecule has 1 unspecified atom stereocenters. The van der Waals surface area contributed by atoms with Crippen molar-refractivity contribution in [1.29, 1.82) is 0 Å². The van der Waals surface area contributed by atoms with Crippen molar-refractivity contribution >= 4 is 17.8 Å². The molecule has 3 heterocycles. The third-order valence-electron chi connectivity index (χ3n) is 7.44. The predicted molar refractivity (Wildman–Crippen MR) is 149 cm³/mol. The van der Waals surface area contributed by atoms with Crippen molar-refractivity contribution in [2.75, 3.05) is 52.9 Å². The smallest absolute Gasteiger partial charge is 0.322 e. The van der Waals surface area contributed by atoms with Crippen LogP contribution in [0, 0.1) is 23.5 Å². The van der Waals surface area contributed by atoms with Gasteiger partial charge in [-0.2, -0.15) is 0 Å². The molecule has 1 atom stereocenters. The van der Waals surface area contributed by atoms with E-state index in [1.54, 1.807) is 29.2 Å². The number of methoxy groups -OCH3 is 1. The molecule has 0 saturated carbocycles. The Labute approximate surface area is 238 Å². The second-order valence-electron chi connectivity index (χ2n) is 9.93. The first-order valence-electron chi connectivity index (χ1n) is 13.7. The minimum atomic E-state index is -0.884. The van der Waals surface area contributed by atoms with E-state index in [0.29, 0.717) is 37.2 Å². The van der Waals surface area contributed by atoms with Crippen LogP contribution in [0.25, 0.3) is 0 Å². The van der Waals surface area contributed by atoms with E-state index in [1.165, 1.54) is 13.2 Å². The van der Waals surface area contributed by atoms with Crippen molar-refractivity contribution in [3.05, 3.63) is 64.2 Å². The third kappa shape index (κ3) is 7.20. The molecule has 2 fully saturated rings. The van der Waals surface area contributed by atoms with Gasteiger partial charge in [0.2, 0.25) is 0 Å². The molecule has 5 rings (SSSR count). The van der Waals surface area contributed by atoms with Gasteiger partial charge in [-0.1, -0.05) is 30.9 Å². The Hall–Kier alpha value is -4.01. The van der Waals surface area contributed by atoms with Gasteiger partial charge >= 0.3 is 6.03 Å². The van der Waals surface area contributed by atoms with Gasteiger partial charge in [-0.25, -0.2) is 13.6 Å². The first kappa shape index (κ1) is 30.0. The predicted octanol–water partition coefficient (Wildman–Crippen LogP) is 2.38. The zero-order chi connectivity index (χ0) is 29.5. The summed E-state index contributed by atoms with van der Waals surface area (Å²) in [4.78, 5) is 40.7. The van der Waals surface area contributed by atoms with Crippen molar-refractivity contribution < 1.29 is 27.9 Å². The number of carbonyl (C=O) groups excluding carboxylic acids is 3. The topological polar surface area (TPSA) is 94.2 Å². The maximum absolute atomic E-state index is 14.3. The fourth-order valence-electron chi connectivity index (χ4n) is 4.94. The lowest BCUT2D eigenvalue weighted by molar-refractivity contribution is -0.119. The number of imide groups is 1. The van der Waals surface area contributed by atoms with E-state index in [2.05, 4.69) is 39.2 Å². The van der Waals surface area contributed by atoms with E-state index >= 15 is 0 Å². The highest BCUT2D eigenvalue weighted by atomic mass is 19.1. The molecule has 0 aromatic heterocycles. The number of benzene rings is 2. The van der Waals surface area contributed by atoms with E-state index in [9.17, 15) is 23.2 Å². The Balaban J connectivity index is 0.000000208. The molecule has 3 aliphatic rings. The molecule has 0 radical (unpaired) electrons. The minimum absolute atomic E-state index is 0.130. The molecular weight excluding hydrogens is 532 g/mol. The summed E-state index contributed by atoms with van der Waals surface area (Å²) < 4.78 is 33.2. The number of hydrogen-bond acceptors (Lipinski definition) is 6. The lowest BCUT2D eigenvalue weighted by Gasteiger charge is -2.34.